The molecule has 0 spiro atoms. The summed E-state index contributed by atoms with van der Waals surface area (Å²) in [6.07, 6.45) is 4.17. The number of aromatic nitrogens is 2. The van der Waals surface area contributed by atoms with Crippen LogP contribution in [0.1, 0.15) is 11.3 Å². The highest BCUT2D eigenvalue weighted by Gasteiger charge is 2.12. The molecule has 1 aromatic carbocycles. The van der Waals surface area contributed by atoms with Crippen LogP contribution in [0.25, 0.3) is 5.65 Å². The van der Waals surface area contributed by atoms with Crippen LogP contribution in [0.5, 0.6) is 0 Å². The third-order valence-electron chi connectivity index (χ3n) is 3.43. The van der Waals surface area contributed by atoms with Crippen molar-refractivity contribution in [1.29, 1.82) is 0 Å². The Kier molecular flexibility index (Phi) is 3.69. The van der Waals surface area contributed by atoms with Crippen LogP contribution in [0.2, 0.25) is 0 Å². The summed E-state index contributed by atoms with van der Waals surface area (Å²) in [5.41, 5.74) is 2.79. The predicted molar refractivity (Wildman–Crippen MR) is 81.8 cm³/mol. The minimum atomic E-state index is 0.0715. The van der Waals surface area contributed by atoms with Crippen LogP contribution in [-0.2, 0) is 17.8 Å². The van der Waals surface area contributed by atoms with Crippen LogP contribution in [0.4, 0.5) is 0 Å². The van der Waals surface area contributed by atoms with Crippen molar-refractivity contribution in [3.05, 3.63) is 72.2 Å². The third kappa shape index (κ3) is 3.11. The number of nitrogens with zero attached hydrogens (tertiary/aromatic N) is 3. The van der Waals surface area contributed by atoms with E-state index in [4.69, 9.17) is 0 Å². The Morgan fingerprint density at radius 1 is 1.14 bits per heavy atom. The molecule has 1 amide bonds. The molecule has 3 aromatic rings. The SMILES string of the molecule is CN(Cc1ccccc1)C(=O)Cc1cn2ccccc2n1. The molecule has 2 heterocycles. The molecule has 21 heavy (non-hydrogen) atoms. The Labute approximate surface area is 123 Å². The van der Waals surface area contributed by atoms with E-state index < -0.39 is 0 Å². The molecule has 0 fully saturated rings. The van der Waals surface area contributed by atoms with Crippen LogP contribution in [-0.4, -0.2) is 27.2 Å². The molecule has 4 nitrogen and oxygen atoms in total. The Hall–Kier alpha value is -2.62. The third-order valence-corrected chi connectivity index (χ3v) is 3.43. The molecule has 4 heteroatoms. The van der Waals surface area contributed by atoms with Crippen LogP contribution in [0.15, 0.2) is 60.9 Å². The Morgan fingerprint density at radius 2 is 1.90 bits per heavy atom. The lowest BCUT2D eigenvalue weighted by Crippen LogP contribution is -2.27. The Balaban J connectivity index is 1.68. The zero-order valence-electron chi connectivity index (χ0n) is 11.9. The highest BCUT2D eigenvalue weighted by molar-refractivity contribution is 5.78. The summed E-state index contributed by atoms with van der Waals surface area (Å²) in [5.74, 6) is 0.0715. The van der Waals surface area contributed by atoms with E-state index in [1.54, 1.807) is 4.90 Å². The molecule has 0 atom stereocenters. The predicted octanol–water partition coefficient (Wildman–Crippen LogP) is 2.54. The van der Waals surface area contributed by atoms with E-state index in [1.165, 1.54) is 0 Å². The van der Waals surface area contributed by atoms with Gasteiger partial charge >= 0.3 is 0 Å². The van der Waals surface area contributed by atoms with Gasteiger partial charge in [0, 0.05) is 26.0 Å². The number of carbonyl (C=O) groups is 1. The first-order valence-electron chi connectivity index (χ1n) is 6.93. The quantitative estimate of drug-likeness (QED) is 0.736. The van der Waals surface area contributed by atoms with Gasteiger partial charge in [-0.15, -0.1) is 0 Å². The average molecular weight is 279 g/mol. The van der Waals surface area contributed by atoms with Crippen molar-refractivity contribution in [3.8, 4) is 0 Å². The summed E-state index contributed by atoms with van der Waals surface area (Å²) in [7, 11) is 1.82. The van der Waals surface area contributed by atoms with Gasteiger partial charge in [-0.25, -0.2) is 4.98 Å². The van der Waals surface area contributed by atoms with Crippen molar-refractivity contribution in [2.75, 3.05) is 7.05 Å². The van der Waals surface area contributed by atoms with Gasteiger partial charge < -0.3 is 9.30 Å². The molecular weight excluding hydrogens is 262 g/mol. The smallest absolute Gasteiger partial charge is 0.228 e. The molecule has 0 aliphatic heterocycles. The van der Waals surface area contributed by atoms with E-state index in [-0.39, 0.29) is 5.91 Å². The highest BCUT2D eigenvalue weighted by Crippen LogP contribution is 2.08. The van der Waals surface area contributed by atoms with E-state index >= 15 is 0 Å². The average Bonchev–Trinajstić information content (AvgIpc) is 2.90. The first kappa shape index (κ1) is 13.4. The first-order valence-corrected chi connectivity index (χ1v) is 6.93. The normalized spacial score (nSPS) is 10.7. The molecule has 0 unspecified atom stereocenters. The molecule has 0 saturated carbocycles. The maximum Gasteiger partial charge on any atom is 0.228 e. The van der Waals surface area contributed by atoms with E-state index in [9.17, 15) is 4.79 Å². The number of fused-ring (bicyclic) bond motifs is 1. The molecule has 106 valence electrons. The van der Waals surface area contributed by atoms with Crippen molar-refractivity contribution in [2.45, 2.75) is 13.0 Å². The van der Waals surface area contributed by atoms with Gasteiger partial charge in [-0.1, -0.05) is 36.4 Å². The van der Waals surface area contributed by atoms with Crippen molar-refractivity contribution < 1.29 is 4.79 Å². The number of rotatable bonds is 4. The van der Waals surface area contributed by atoms with Gasteiger partial charge in [0.2, 0.25) is 5.91 Å². The van der Waals surface area contributed by atoms with Gasteiger partial charge in [0.1, 0.15) is 5.65 Å². The summed E-state index contributed by atoms with van der Waals surface area (Å²) >= 11 is 0. The van der Waals surface area contributed by atoms with Crippen LogP contribution < -0.4 is 0 Å². The molecule has 2 aromatic heterocycles. The topological polar surface area (TPSA) is 37.6 Å². The van der Waals surface area contributed by atoms with Gasteiger partial charge in [0.05, 0.1) is 12.1 Å². The summed E-state index contributed by atoms with van der Waals surface area (Å²) < 4.78 is 1.93. The second kappa shape index (κ2) is 5.79. The highest BCUT2D eigenvalue weighted by atomic mass is 16.2. The lowest BCUT2D eigenvalue weighted by molar-refractivity contribution is -0.129. The molecule has 0 aliphatic rings. The molecule has 0 aliphatic carbocycles. The standard InChI is InChI=1S/C17H17N3O/c1-19(12-14-7-3-2-4-8-14)17(21)11-15-13-20-10-6-5-9-16(20)18-15/h2-10,13H,11-12H2,1H3. The Morgan fingerprint density at radius 3 is 2.67 bits per heavy atom. The minimum absolute atomic E-state index is 0.0715. The summed E-state index contributed by atoms with van der Waals surface area (Å²) in [6, 6.07) is 15.8. The van der Waals surface area contributed by atoms with Gasteiger partial charge in [-0.2, -0.15) is 0 Å². The number of hydrogen-bond acceptors (Lipinski definition) is 2. The number of benzene rings is 1. The van der Waals surface area contributed by atoms with Crippen molar-refractivity contribution in [1.82, 2.24) is 14.3 Å². The largest absolute Gasteiger partial charge is 0.341 e. The van der Waals surface area contributed by atoms with Gasteiger partial charge in [0.25, 0.3) is 0 Å². The van der Waals surface area contributed by atoms with Gasteiger partial charge in [-0.05, 0) is 17.7 Å². The van der Waals surface area contributed by atoms with Crippen LogP contribution in [0, 0.1) is 0 Å². The fourth-order valence-electron chi connectivity index (χ4n) is 2.31. The van der Waals surface area contributed by atoms with Crippen molar-refractivity contribution in [3.63, 3.8) is 0 Å². The van der Waals surface area contributed by atoms with E-state index in [0.717, 1.165) is 16.9 Å². The number of carbonyl (C=O) groups excluding carboxylic acids is 1. The molecule has 0 bridgehead atoms. The molecule has 0 radical (unpaired) electrons. The minimum Gasteiger partial charge on any atom is -0.341 e. The number of hydrogen-bond donors (Lipinski definition) is 0. The first-order chi connectivity index (χ1) is 10.2. The van der Waals surface area contributed by atoms with E-state index in [2.05, 4.69) is 4.98 Å². The van der Waals surface area contributed by atoms with Crippen LogP contribution >= 0.6 is 0 Å². The second-order valence-electron chi connectivity index (χ2n) is 5.11. The zero-order valence-corrected chi connectivity index (χ0v) is 11.9. The second-order valence-corrected chi connectivity index (χ2v) is 5.11. The summed E-state index contributed by atoms with van der Waals surface area (Å²) in [6.45, 7) is 0.618. The fourth-order valence-corrected chi connectivity index (χ4v) is 2.31. The maximum absolute atomic E-state index is 12.3. The zero-order chi connectivity index (χ0) is 14.7. The molecule has 0 saturated heterocycles. The Bertz CT molecular complexity index is 716. The number of amides is 1. The number of imidazole rings is 1. The monoisotopic (exact) mass is 279 g/mol. The lowest BCUT2D eigenvalue weighted by atomic mass is 10.2. The maximum atomic E-state index is 12.3. The fraction of sp³-hybridized carbons (Fsp3) is 0.176. The molecule has 0 N–H and O–H groups in total. The van der Waals surface area contributed by atoms with Gasteiger partial charge in [-0.3, -0.25) is 4.79 Å². The molecular formula is C17H17N3O. The summed E-state index contributed by atoms with van der Waals surface area (Å²) in [5, 5.41) is 0. The van der Waals surface area contributed by atoms with E-state index in [1.807, 2.05) is 72.4 Å². The summed E-state index contributed by atoms with van der Waals surface area (Å²) in [4.78, 5) is 18.5. The van der Waals surface area contributed by atoms with Gasteiger partial charge in [0.15, 0.2) is 0 Å². The van der Waals surface area contributed by atoms with Crippen molar-refractivity contribution in [2.24, 2.45) is 0 Å². The lowest BCUT2D eigenvalue weighted by Gasteiger charge is -2.16. The molecule has 3 rings (SSSR count). The number of pyridine rings is 1. The van der Waals surface area contributed by atoms with Crippen LogP contribution in [0.3, 0.4) is 0 Å². The number of likely N-dealkylation sites (N-methyl/N-ethyl adjacent to an activating group) is 1. The van der Waals surface area contributed by atoms with E-state index in [0.29, 0.717) is 13.0 Å². The van der Waals surface area contributed by atoms with Crippen molar-refractivity contribution >= 4 is 11.6 Å².